The number of primary amides is 1. The topological polar surface area (TPSA) is 207 Å². The molecular weight excluding hydrogens is 690 g/mol. The summed E-state index contributed by atoms with van der Waals surface area (Å²) in [6.07, 6.45) is 13.7. The van der Waals surface area contributed by atoms with E-state index in [9.17, 15) is 24.0 Å². The van der Waals surface area contributed by atoms with Gasteiger partial charge in [-0.15, -0.1) is 0 Å². The molecule has 8 N–H and O–H groups in total. The number of likely N-dealkylation sites (N-methyl/N-ethyl adjacent to an activating group) is 1. The van der Waals surface area contributed by atoms with Gasteiger partial charge in [0.05, 0.1) is 30.7 Å². The van der Waals surface area contributed by atoms with Crippen molar-refractivity contribution >= 4 is 29.5 Å². The average molecular weight is 764 g/mol. The molecule has 3 aliphatic rings. The monoisotopic (exact) mass is 764 g/mol. The predicted molar refractivity (Wildman–Crippen MR) is 209 cm³/mol. The fourth-order valence-corrected chi connectivity index (χ4v) is 8.29. The number of piperidine rings is 1. The Morgan fingerprint density at radius 1 is 0.815 bits per heavy atom. The fourth-order valence-electron chi connectivity index (χ4n) is 8.29. The highest BCUT2D eigenvalue weighted by Crippen LogP contribution is 2.32. The number of nitrogens with zero attached hydrogens (tertiary/aromatic N) is 1. The van der Waals surface area contributed by atoms with Gasteiger partial charge in [0, 0.05) is 13.6 Å². The second-order valence-corrected chi connectivity index (χ2v) is 16.2. The highest BCUT2D eigenvalue weighted by molar-refractivity contribution is 5.94. The van der Waals surface area contributed by atoms with Crippen molar-refractivity contribution in [3.05, 3.63) is 0 Å². The number of amides is 5. The Labute approximate surface area is 324 Å². The van der Waals surface area contributed by atoms with Gasteiger partial charge < -0.3 is 47.1 Å². The molecule has 0 bridgehead atoms. The van der Waals surface area contributed by atoms with E-state index >= 15 is 0 Å². The van der Waals surface area contributed by atoms with Crippen LogP contribution in [0.5, 0.6) is 0 Å². The van der Waals surface area contributed by atoms with Gasteiger partial charge in [-0.2, -0.15) is 0 Å². The van der Waals surface area contributed by atoms with Gasteiger partial charge in [0.15, 0.2) is 0 Å². The Morgan fingerprint density at radius 2 is 1.43 bits per heavy atom. The normalized spacial score (nSPS) is 21.7. The summed E-state index contributed by atoms with van der Waals surface area (Å²) < 4.78 is 12.6. The Balaban J connectivity index is 1.73. The maximum absolute atomic E-state index is 14.3. The van der Waals surface area contributed by atoms with Gasteiger partial charge in [-0.1, -0.05) is 85.0 Å². The number of rotatable bonds is 21. The molecule has 0 radical (unpaired) electrons. The SMILES string of the molecule is CCC[C@@H](C(=O)N[C@H](C(=O)N[C@@H](CN)C(N)=O)C1CCCCCC1)N(C)C(=O)[C@H](C)[C@@H](CC1CCCCC1)O[C@@H](C)NC(=O)[C@@H](C)COC1CCNCC1. The fraction of sp³-hybridized carbons (Fsp3) is 0.875. The number of ether oxygens (including phenoxy) is 2. The van der Waals surface area contributed by atoms with E-state index in [0.717, 1.165) is 90.1 Å². The van der Waals surface area contributed by atoms with Crippen molar-refractivity contribution in [2.45, 2.75) is 167 Å². The molecule has 0 aromatic heterocycles. The van der Waals surface area contributed by atoms with Crippen LogP contribution in [0.15, 0.2) is 0 Å². The molecule has 5 amide bonds. The molecule has 310 valence electrons. The first kappa shape index (κ1) is 45.6. The van der Waals surface area contributed by atoms with Gasteiger partial charge >= 0.3 is 0 Å². The van der Waals surface area contributed by atoms with Gasteiger partial charge in [0.2, 0.25) is 29.5 Å². The van der Waals surface area contributed by atoms with E-state index in [0.29, 0.717) is 31.8 Å². The molecule has 2 aliphatic carbocycles. The van der Waals surface area contributed by atoms with Crippen molar-refractivity contribution in [1.82, 2.24) is 26.2 Å². The molecule has 7 atom stereocenters. The number of nitrogens with one attached hydrogen (secondary N) is 4. The van der Waals surface area contributed by atoms with Crippen LogP contribution < -0.4 is 32.7 Å². The van der Waals surface area contributed by atoms with E-state index < -0.39 is 54.1 Å². The van der Waals surface area contributed by atoms with E-state index in [1.54, 1.807) is 14.0 Å². The third kappa shape index (κ3) is 14.7. The second-order valence-electron chi connectivity index (χ2n) is 16.2. The summed E-state index contributed by atoms with van der Waals surface area (Å²) in [4.78, 5) is 68.7. The first-order valence-corrected chi connectivity index (χ1v) is 21.0. The van der Waals surface area contributed by atoms with Crippen LogP contribution in [0.25, 0.3) is 0 Å². The highest BCUT2D eigenvalue weighted by atomic mass is 16.5. The zero-order valence-electron chi connectivity index (χ0n) is 33.9. The van der Waals surface area contributed by atoms with Crippen LogP contribution in [0, 0.1) is 23.7 Å². The number of nitrogens with two attached hydrogens (primary N) is 2. The number of hydrogen-bond acceptors (Lipinski definition) is 9. The van der Waals surface area contributed by atoms with Gasteiger partial charge in [-0.25, -0.2) is 0 Å². The molecule has 1 heterocycles. The molecule has 54 heavy (non-hydrogen) atoms. The Hall–Kier alpha value is -2.81. The van der Waals surface area contributed by atoms with Crippen molar-refractivity contribution in [1.29, 1.82) is 0 Å². The molecule has 0 unspecified atom stereocenters. The third-order valence-corrected chi connectivity index (χ3v) is 11.8. The van der Waals surface area contributed by atoms with Crippen molar-refractivity contribution in [3.8, 4) is 0 Å². The van der Waals surface area contributed by atoms with Crippen LogP contribution in [0.1, 0.15) is 130 Å². The first-order valence-electron chi connectivity index (χ1n) is 21.0. The summed E-state index contributed by atoms with van der Waals surface area (Å²) in [5, 5.41) is 12.0. The van der Waals surface area contributed by atoms with Crippen LogP contribution in [-0.2, 0) is 33.4 Å². The summed E-state index contributed by atoms with van der Waals surface area (Å²) in [6, 6.07) is -2.78. The molecule has 14 heteroatoms. The summed E-state index contributed by atoms with van der Waals surface area (Å²) in [5.74, 6) is -2.75. The van der Waals surface area contributed by atoms with Gasteiger partial charge in [-0.3, -0.25) is 24.0 Å². The van der Waals surface area contributed by atoms with Crippen molar-refractivity contribution in [2.24, 2.45) is 35.1 Å². The Bertz CT molecular complexity index is 1170. The van der Waals surface area contributed by atoms with E-state index in [4.69, 9.17) is 20.9 Å². The molecule has 2 saturated carbocycles. The van der Waals surface area contributed by atoms with Crippen LogP contribution in [-0.4, -0.2) is 104 Å². The first-order chi connectivity index (χ1) is 25.9. The summed E-state index contributed by atoms with van der Waals surface area (Å²) >= 11 is 0. The van der Waals surface area contributed by atoms with Gasteiger partial charge in [0.1, 0.15) is 24.4 Å². The molecule has 1 saturated heterocycles. The van der Waals surface area contributed by atoms with Crippen LogP contribution >= 0.6 is 0 Å². The van der Waals surface area contributed by atoms with E-state index in [-0.39, 0.29) is 36.3 Å². The Kier molecular flexibility index (Phi) is 20.2. The maximum atomic E-state index is 14.3. The van der Waals surface area contributed by atoms with Crippen LogP contribution in [0.3, 0.4) is 0 Å². The zero-order valence-corrected chi connectivity index (χ0v) is 33.9. The molecule has 0 aromatic carbocycles. The summed E-state index contributed by atoms with van der Waals surface area (Å²) in [5.41, 5.74) is 11.2. The third-order valence-electron chi connectivity index (χ3n) is 11.8. The lowest BCUT2D eigenvalue weighted by molar-refractivity contribution is -0.150. The second kappa shape index (κ2) is 24.0. The van der Waals surface area contributed by atoms with Gasteiger partial charge in [0.25, 0.3) is 0 Å². The van der Waals surface area contributed by atoms with Crippen molar-refractivity contribution in [3.63, 3.8) is 0 Å². The smallest absolute Gasteiger partial charge is 0.243 e. The lowest BCUT2D eigenvalue weighted by Gasteiger charge is -2.36. The van der Waals surface area contributed by atoms with Crippen molar-refractivity contribution < 1.29 is 33.4 Å². The minimum absolute atomic E-state index is 0.131. The molecule has 0 aromatic rings. The largest absolute Gasteiger partial charge is 0.377 e. The zero-order chi connectivity index (χ0) is 39.6. The van der Waals surface area contributed by atoms with Crippen LogP contribution in [0.4, 0.5) is 0 Å². The number of hydrogen-bond donors (Lipinski definition) is 6. The molecule has 0 spiro atoms. The standard InChI is InChI=1S/C40H73N7O7/c1-6-14-33(38(50)46-35(30-17-12-7-8-13-18-30)39(51)45-32(24-41)36(42)48)47(5)40(52)27(3)34(23-29-15-10-9-11-16-29)54-28(4)44-37(49)26(2)25-53-31-19-21-43-22-20-31/h26-35,43H,6-25,41H2,1-5H3,(H2,42,48)(H,44,49)(H,45,51)(H,46,50)/t26-,27+,28-,32-,33-,34+,35-/m0/s1. The molecule has 3 fully saturated rings. The summed E-state index contributed by atoms with van der Waals surface area (Å²) in [7, 11) is 1.64. The maximum Gasteiger partial charge on any atom is 0.243 e. The molecule has 1 aliphatic heterocycles. The minimum Gasteiger partial charge on any atom is -0.377 e. The Morgan fingerprint density at radius 3 is 2.02 bits per heavy atom. The molecule has 14 nitrogen and oxygen atoms in total. The number of carbonyl (C=O) groups excluding carboxylic acids is 5. The van der Waals surface area contributed by atoms with Crippen molar-refractivity contribution in [2.75, 3.05) is 33.3 Å². The lowest BCUT2D eigenvalue weighted by atomic mass is 9.82. The number of carbonyl (C=O) groups is 5. The highest BCUT2D eigenvalue weighted by Gasteiger charge is 2.38. The molecular formula is C40H73N7O7. The minimum atomic E-state index is -1.05. The van der Waals surface area contributed by atoms with E-state index in [1.165, 1.54) is 11.3 Å². The van der Waals surface area contributed by atoms with E-state index in [1.807, 2.05) is 20.8 Å². The quantitative estimate of drug-likeness (QED) is 0.0750. The average Bonchev–Trinajstić information content (AvgIpc) is 3.46. The summed E-state index contributed by atoms with van der Waals surface area (Å²) in [6.45, 7) is 9.45. The van der Waals surface area contributed by atoms with E-state index in [2.05, 4.69) is 21.3 Å². The molecule has 3 rings (SSSR count). The van der Waals surface area contributed by atoms with Gasteiger partial charge in [-0.05, 0) is 70.4 Å². The lowest BCUT2D eigenvalue weighted by Crippen LogP contribution is -2.60. The van der Waals surface area contributed by atoms with Crippen LogP contribution in [0.2, 0.25) is 0 Å². The predicted octanol–water partition coefficient (Wildman–Crippen LogP) is 2.86.